The fourth-order valence-electron chi connectivity index (χ4n) is 1.54. The van der Waals surface area contributed by atoms with E-state index >= 15 is 0 Å². The van der Waals surface area contributed by atoms with Crippen molar-refractivity contribution in [2.45, 2.75) is 26.4 Å². The van der Waals surface area contributed by atoms with Gasteiger partial charge in [0.15, 0.2) is 0 Å². The van der Waals surface area contributed by atoms with Crippen LogP contribution in [0.5, 0.6) is 5.75 Å². The van der Waals surface area contributed by atoms with Crippen molar-refractivity contribution in [3.63, 3.8) is 0 Å². The molecule has 3 N–H and O–H groups in total. The molecule has 1 rings (SSSR count). The van der Waals surface area contributed by atoms with Crippen LogP contribution in [0.15, 0.2) is 30.3 Å². The van der Waals surface area contributed by atoms with Gasteiger partial charge in [0, 0.05) is 12.6 Å². The van der Waals surface area contributed by atoms with E-state index in [1.165, 1.54) is 6.08 Å². The number of carbonyl (C=O) groups excluding carboxylic acids is 1. The third-order valence-electron chi connectivity index (χ3n) is 2.81. The number of rotatable bonds is 6. The zero-order chi connectivity index (χ0) is 14.3. The van der Waals surface area contributed by atoms with Gasteiger partial charge >= 0.3 is 0 Å². The van der Waals surface area contributed by atoms with Crippen molar-refractivity contribution >= 4 is 12.0 Å². The predicted molar refractivity (Wildman–Crippen MR) is 75.6 cm³/mol. The van der Waals surface area contributed by atoms with Gasteiger partial charge in [-0.05, 0) is 36.1 Å². The van der Waals surface area contributed by atoms with E-state index < -0.39 is 6.10 Å². The van der Waals surface area contributed by atoms with Crippen LogP contribution in [-0.4, -0.2) is 28.8 Å². The van der Waals surface area contributed by atoms with Gasteiger partial charge in [0.1, 0.15) is 5.75 Å². The van der Waals surface area contributed by atoms with E-state index in [-0.39, 0.29) is 17.6 Å². The molecular weight excluding hydrogens is 242 g/mol. The average Bonchev–Trinajstić information content (AvgIpc) is 2.36. The highest BCUT2D eigenvalue weighted by Gasteiger charge is 2.08. The molecule has 0 bridgehead atoms. The van der Waals surface area contributed by atoms with Gasteiger partial charge in [0.25, 0.3) is 0 Å². The Balaban J connectivity index is 2.35. The smallest absolute Gasteiger partial charge is 0.244 e. The summed E-state index contributed by atoms with van der Waals surface area (Å²) in [5.41, 5.74) is 0.761. The predicted octanol–water partition coefficient (Wildman–Crippen LogP) is 1.93. The Morgan fingerprint density at radius 1 is 1.42 bits per heavy atom. The summed E-state index contributed by atoms with van der Waals surface area (Å²) < 4.78 is 0. The van der Waals surface area contributed by atoms with E-state index in [1.54, 1.807) is 30.3 Å². The Labute approximate surface area is 113 Å². The summed E-state index contributed by atoms with van der Waals surface area (Å²) in [6, 6.07) is 6.66. The second kappa shape index (κ2) is 7.59. The van der Waals surface area contributed by atoms with Gasteiger partial charge in [-0.1, -0.05) is 26.0 Å². The van der Waals surface area contributed by atoms with Crippen LogP contribution in [0.4, 0.5) is 0 Å². The van der Waals surface area contributed by atoms with E-state index in [0.29, 0.717) is 13.0 Å². The molecule has 0 heterocycles. The minimum Gasteiger partial charge on any atom is -0.508 e. The van der Waals surface area contributed by atoms with E-state index in [2.05, 4.69) is 5.32 Å². The lowest BCUT2D eigenvalue weighted by molar-refractivity contribution is -0.116. The largest absolute Gasteiger partial charge is 0.508 e. The van der Waals surface area contributed by atoms with Gasteiger partial charge in [-0.15, -0.1) is 0 Å². The molecule has 0 spiro atoms. The number of aliphatic hydroxyl groups is 1. The van der Waals surface area contributed by atoms with E-state index in [4.69, 9.17) is 0 Å². The first-order valence-electron chi connectivity index (χ1n) is 6.42. The number of hydrogen-bond donors (Lipinski definition) is 3. The number of carbonyl (C=O) groups is 1. The maximum Gasteiger partial charge on any atom is 0.244 e. The quantitative estimate of drug-likeness (QED) is 0.687. The number of hydrogen-bond acceptors (Lipinski definition) is 3. The van der Waals surface area contributed by atoms with Crippen molar-refractivity contribution in [3.05, 3.63) is 35.9 Å². The molecule has 0 aliphatic rings. The molecule has 0 aromatic heterocycles. The van der Waals surface area contributed by atoms with Crippen LogP contribution in [0.25, 0.3) is 6.08 Å². The molecule has 0 aliphatic heterocycles. The molecule has 1 unspecified atom stereocenters. The number of phenolic OH excluding ortho intramolecular Hbond substituents is 1. The summed E-state index contributed by atoms with van der Waals surface area (Å²) in [6.45, 7) is 4.32. The van der Waals surface area contributed by atoms with Crippen molar-refractivity contribution in [1.29, 1.82) is 0 Å². The summed E-state index contributed by atoms with van der Waals surface area (Å²) in [5.74, 6) is 0.154. The lowest BCUT2D eigenvalue weighted by Crippen LogP contribution is -2.27. The van der Waals surface area contributed by atoms with Gasteiger partial charge in [0.2, 0.25) is 5.91 Å². The lowest BCUT2D eigenvalue weighted by atomic mass is 10.0. The standard InChI is InChI=1S/C15H21NO3/c1-11(2)14(18)8-9-16-15(19)7-6-12-4-3-5-13(17)10-12/h3-7,10-11,14,17-18H,8-9H2,1-2H3,(H,16,19)/b7-6+. The van der Waals surface area contributed by atoms with Crippen molar-refractivity contribution < 1.29 is 15.0 Å². The molecule has 1 aromatic rings. The summed E-state index contributed by atoms with van der Waals surface area (Å²) in [5, 5.41) is 21.6. The van der Waals surface area contributed by atoms with Crippen LogP contribution in [-0.2, 0) is 4.79 Å². The van der Waals surface area contributed by atoms with Crippen LogP contribution in [0.3, 0.4) is 0 Å². The van der Waals surface area contributed by atoms with Gasteiger partial charge < -0.3 is 15.5 Å². The topological polar surface area (TPSA) is 69.6 Å². The van der Waals surface area contributed by atoms with Crippen molar-refractivity contribution in [2.75, 3.05) is 6.54 Å². The summed E-state index contributed by atoms with van der Waals surface area (Å²) >= 11 is 0. The first-order chi connectivity index (χ1) is 8.99. The molecule has 0 saturated heterocycles. The molecule has 104 valence electrons. The number of amides is 1. The molecule has 4 nitrogen and oxygen atoms in total. The Kier molecular flexibility index (Phi) is 6.09. The molecule has 1 atom stereocenters. The fraction of sp³-hybridized carbons (Fsp3) is 0.400. The Bertz CT molecular complexity index is 441. The molecule has 0 saturated carbocycles. The minimum absolute atomic E-state index is 0.169. The second-order valence-corrected chi connectivity index (χ2v) is 4.82. The molecule has 19 heavy (non-hydrogen) atoms. The first-order valence-corrected chi connectivity index (χ1v) is 6.42. The highest BCUT2D eigenvalue weighted by atomic mass is 16.3. The van der Waals surface area contributed by atoms with Crippen molar-refractivity contribution in [1.82, 2.24) is 5.32 Å². The molecule has 1 aromatic carbocycles. The SMILES string of the molecule is CC(C)C(O)CCNC(=O)/C=C/c1cccc(O)c1. The Hall–Kier alpha value is -1.81. The Morgan fingerprint density at radius 3 is 2.79 bits per heavy atom. The highest BCUT2D eigenvalue weighted by Crippen LogP contribution is 2.11. The second-order valence-electron chi connectivity index (χ2n) is 4.82. The summed E-state index contributed by atoms with van der Waals surface area (Å²) in [7, 11) is 0. The van der Waals surface area contributed by atoms with Gasteiger partial charge in [-0.3, -0.25) is 4.79 Å². The van der Waals surface area contributed by atoms with Crippen molar-refractivity contribution in [3.8, 4) is 5.75 Å². The maximum atomic E-state index is 11.5. The van der Waals surface area contributed by atoms with Crippen LogP contribution in [0.2, 0.25) is 0 Å². The Morgan fingerprint density at radius 2 is 2.16 bits per heavy atom. The maximum absolute atomic E-state index is 11.5. The van der Waals surface area contributed by atoms with E-state index in [0.717, 1.165) is 5.56 Å². The number of aliphatic hydroxyl groups excluding tert-OH is 1. The number of aromatic hydroxyl groups is 1. The first kappa shape index (κ1) is 15.2. The van der Waals surface area contributed by atoms with Crippen molar-refractivity contribution in [2.24, 2.45) is 5.92 Å². The van der Waals surface area contributed by atoms with Gasteiger partial charge in [0.05, 0.1) is 6.10 Å². The van der Waals surface area contributed by atoms with E-state index in [1.807, 2.05) is 13.8 Å². The fourth-order valence-corrected chi connectivity index (χ4v) is 1.54. The van der Waals surface area contributed by atoms with Crippen LogP contribution < -0.4 is 5.32 Å². The number of nitrogens with one attached hydrogen (secondary N) is 1. The normalized spacial score (nSPS) is 12.8. The minimum atomic E-state index is -0.393. The molecule has 0 fully saturated rings. The lowest BCUT2D eigenvalue weighted by Gasteiger charge is -2.13. The average molecular weight is 263 g/mol. The molecule has 1 amide bonds. The third kappa shape index (κ3) is 6.06. The highest BCUT2D eigenvalue weighted by molar-refractivity contribution is 5.91. The molecule has 0 radical (unpaired) electrons. The number of benzene rings is 1. The summed E-state index contributed by atoms with van der Waals surface area (Å²) in [6.07, 6.45) is 3.20. The zero-order valence-electron chi connectivity index (χ0n) is 11.3. The molecule has 4 heteroatoms. The molecular formula is C15H21NO3. The number of phenols is 1. The third-order valence-corrected chi connectivity index (χ3v) is 2.81. The van der Waals surface area contributed by atoms with Gasteiger partial charge in [-0.25, -0.2) is 0 Å². The van der Waals surface area contributed by atoms with Crippen LogP contribution in [0.1, 0.15) is 25.8 Å². The monoisotopic (exact) mass is 263 g/mol. The van der Waals surface area contributed by atoms with Crippen LogP contribution in [0, 0.1) is 5.92 Å². The van der Waals surface area contributed by atoms with E-state index in [9.17, 15) is 15.0 Å². The summed E-state index contributed by atoms with van der Waals surface area (Å²) in [4.78, 5) is 11.5. The molecule has 0 aliphatic carbocycles. The van der Waals surface area contributed by atoms with Crippen LogP contribution >= 0.6 is 0 Å². The van der Waals surface area contributed by atoms with Gasteiger partial charge in [-0.2, -0.15) is 0 Å². The zero-order valence-corrected chi connectivity index (χ0v) is 11.3.